The van der Waals surface area contributed by atoms with Gasteiger partial charge in [-0.3, -0.25) is 0 Å². The van der Waals surface area contributed by atoms with Crippen molar-refractivity contribution in [1.29, 1.82) is 5.26 Å². The Labute approximate surface area is 188 Å². The van der Waals surface area contributed by atoms with Crippen molar-refractivity contribution in [2.24, 2.45) is 11.8 Å². The third kappa shape index (κ3) is 3.99. The standard InChI is InChI=1S/C28H26N2O2/c29-17-20-13-15-23(16-14-20)28(31)32-19-22-11-9-21(10-12-22)18-30-26-7-3-1-5-24(26)25-6-2-4-8-27(25)30/h1-8,13-16,21-22H,9-12,18-19H2. The van der Waals surface area contributed by atoms with E-state index in [2.05, 4.69) is 59.2 Å². The largest absolute Gasteiger partial charge is 0.462 e. The Morgan fingerprint density at radius 2 is 1.41 bits per heavy atom. The summed E-state index contributed by atoms with van der Waals surface area (Å²) in [5, 5.41) is 11.5. The van der Waals surface area contributed by atoms with Gasteiger partial charge >= 0.3 is 5.97 Å². The number of para-hydroxylation sites is 2. The summed E-state index contributed by atoms with van der Waals surface area (Å²) >= 11 is 0. The van der Waals surface area contributed by atoms with Crippen molar-refractivity contribution in [3.05, 3.63) is 83.9 Å². The van der Waals surface area contributed by atoms with Crippen molar-refractivity contribution in [3.8, 4) is 6.07 Å². The Morgan fingerprint density at radius 1 is 0.844 bits per heavy atom. The molecule has 4 heteroatoms. The predicted octanol–water partition coefficient (Wildman–Crippen LogP) is 6.33. The minimum atomic E-state index is -0.304. The summed E-state index contributed by atoms with van der Waals surface area (Å²) in [4.78, 5) is 12.3. The Balaban J connectivity index is 1.19. The number of benzene rings is 3. The van der Waals surface area contributed by atoms with Gasteiger partial charge in [-0.1, -0.05) is 36.4 Å². The fourth-order valence-electron chi connectivity index (χ4n) is 5.00. The van der Waals surface area contributed by atoms with E-state index in [0.717, 1.165) is 32.2 Å². The third-order valence-corrected chi connectivity index (χ3v) is 6.79. The number of nitriles is 1. The number of carbonyl (C=O) groups is 1. The summed E-state index contributed by atoms with van der Waals surface area (Å²) in [5.74, 6) is 0.758. The number of rotatable bonds is 5. The van der Waals surface area contributed by atoms with E-state index in [1.54, 1.807) is 24.3 Å². The fraction of sp³-hybridized carbons (Fsp3) is 0.286. The average Bonchev–Trinajstić information content (AvgIpc) is 3.17. The van der Waals surface area contributed by atoms with Gasteiger partial charge in [-0.15, -0.1) is 0 Å². The van der Waals surface area contributed by atoms with Gasteiger partial charge in [0.25, 0.3) is 0 Å². The maximum Gasteiger partial charge on any atom is 0.338 e. The molecule has 1 saturated carbocycles. The van der Waals surface area contributed by atoms with E-state index in [9.17, 15) is 4.79 Å². The van der Waals surface area contributed by atoms with Crippen LogP contribution in [0.1, 0.15) is 41.6 Å². The van der Waals surface area contributed by atoms with E-state index in [0.29, 0.717) is 29.6 Å². The lowest BCUT2D eigenvalue weighted by molar-refractivity contribution is 0.0392. The number of aromatic nitrogens is 1. The Kier molecular flexibility index (Phi) is 5.64. The van der Waals surface area contributed by atoms with Crippen LogP contribution in [0.25, 0.3) is 21.8 Å². The molecule has 160 valence electrons. The number of hydrogen-bond acceptors (Lipinski definition) is 3. The molecule has 1 aliphatic rings. The van der Waals surface area contributed by atoms with Crippen molar-refractivity contribution in [3.63, 3.8) is 0 Å². The molecule has 1 heterocycles. The average molecular weight is 423 g/mol. The maximum atomic E-state index is 12.3. The van der Waals surface area contributed by atoms with E-state index in [1.165, 1.54) is 21.8 Å². The van der Waals surface area contributed by atoms with Crippen LogP contribution in [-0.2, 0) is 11.3 Å². The molecule has 4 nitrogen and oxygen atoms in total. The summed E-state index contributed by atoms with van der Waals surface area (Å²) in [5.41, 5.74) is 3.67. The minimum Gasteiger partial charge on any atom is -0.462 e. The molecule has 32 heavy (non-hydrogen) atoms. The van der Waals surface area contributed by atoms with Gasteiger partial charge in [0, 0.05) is 28.4 Å². The highest BCUT2D eigenvalue weighted by molar-refractivity contribution is 6.07. The Morgan fingerprint density at radius 3 is 2.00 bits per heavy atom. The first kappa shape index (κ1) is 20.3. The van der Waals surface area contributed by atoms with Gasteiger partial charge in [-0.2, -0.15) is 5.26 Å². The molecule has 0 atom stereocenters. The molecule has 0 amide bonds. The predicted molar refractivity (Wildman–Crippen MR) is 126 cm³/mol. The van der Waals surface area contributed by atoms with E-state index in [1.807, 2.05) is 0 Å². The van der Waals surface area contributed by atoms with Crippen LogP contribution in [0.15, 0.2) is 72.8 Å². The molecule has 4 aromatic rings. The summed E-state index contributed by atoms with van der Waals surface area (Å²) < 4.78 is 8.06. The van der Waals surface area contributed by atoms with Gasteiger partial charge in [0.05, 0.1) is 23.8 Å². The second-order valence-corrected chi connectivity index (χ2v) is 8.82. The lowest BCUT2D eigenvalue weighted by atomic mass is 9.82. The Hall–Kier alpha value is -3.58. The van der Waals surface area contributed by atoms with Gasteiger partial charge in [-0.05, 0) is 73.9 Å². The highest BCUT2D eigenvalue weighted by Gasteiger charge is 2.24. The van der Waals surface area contributed by atoms with Crippen molar-refractivity contribution >= 4 is 27.8 Å². The molecule has 1 fully saturated rings. The van der Waals surface area contributed by atoms with Crippen LogP contribution < -0.4 is 0 Å². The van der Waals surface area contributed by atoms with Crippen molar-refractivity contribution in [1.82, 2.24) is 4.57 Å². The van der Waals surface area contributed by atoms with Crippen molar-refractivity contribution in [2.75, 3.05) is 6.61 Å². The molecule has 5 rings (SSSR count). The van der Waals surface area contributed by atoms with Crippen LogP contribution >= 0.6 is 0 Å². The van der Waals surface area contributed by atoms with Crippen LogP contribution in [-0.4, -0.2) is 17.1 Å². The van der Waals surface area contributed by atoms with Crippen molar-refractivity contribution in [2.45, 2.75) is 32.2 Å². The van der Waals surface area contributed by atoms with Gasteiger partial charge in [0.15, 0.2) is 0 Å². The van der Waals surface area contributed by atoms with Crippen LogP contribution in [0.3, 0.4) is 0 Å². The summed E-state index contributed by atoms with van der Waals surface area (Å²) in [6.45, 7) is 1.51. The highest BCUT2D eigenvalue weighted by Crippen LogP contribution is 2.34. The monoisotopic (exact) mass is 422 g/mol. The van der Waals surface area contributed by atoms with Crippen LogP contribution in [0.2, 0.25) is 0 Å². The Bertz CT molecular complexity index is 1240. The molecule has 0 unspecified atom stereocenters. The number of hydrogen-bond donors (Lipinski definition) is 0. The summed E-state index contributed by atoms with van der Waals surface area (Å²) in [7, 11) is 0. The van der Waals surface area contributed by atoms with Crippen LogP contribution in [0.5, 0.6) is 0 Å². The van der Waals surface area contributed by atoms with E-state index in [4.69, 9.17) is 10.00 Å². The first-order valence-electron chi connectivity index (χ1n) is 11.4. The van der Waals surface area contributed by atoms with E-state index < -0.39 is 0 Å². The number of ether oxygens (including phenoxy) is 1. The zero-order chi connectivity index (χ0) is 21.9. The van der Waals surface area contributed by atoms with Gasteiger partial charge in [-0.25, -0.2) is 4.79 Å². The number of fused-ring (bicyclic) bond motifs is 3. The smallest absolute Gasteiger partial charge is 0.338 e. The van der Waals surface area contributed by atoms with E-state index >= 15 is 0 Å². The minimum absolute atomic E-state index is 0.304. The van der Waals surface area contributed by atoms with E-state index in [-0.39, 0.29) is 5.97 Å². The first-order valence-corrected chi connectivity index (χ1v) is 11.4. The summed E-state index contributed by atoms with van der Waals surface area (Å²) in [6, 6.07) is 26.0. The zero-order valence-corrected chi connectivity index (χ0v) is 18.0. The molecule has 0 N–H and O–H groups in total. The number of nitrogens with zero attached hydrogens (tertiary/aromatic N) is 2. The van der Waals surface area contributed by atoms with Gasteiger partial charge in [0.1, 0.15) is 0 Å². The van der Waals surface area contributed by atoms with Crippen LogP contribution in [0, 0.1) is 23.2 Å². The van der Waals surface area contributed by atoms with Gasteiger partial charge in [0.2, 0.25) is 0 Å². The lowest BCUT2D eigenvalue weighted by Gasteiger charge is -2.29. The second-order valence-electron chi connectivity index (χ2n) is 8.82. The van der Waals surface area contributed by atoms with Crippen molar-refractivity contribution < 1.29 is 9.53 Å². The fourth-order valence-corrected chi connectivity index (χ4v) is 5.00. The molecule has 0 radical (unpaired) electrons. The molecular weight excluding hydrogens is 396 g/mol. The van der Waals surface area contributed by atoms with Crippen LogP contribution in [0.4, 0.5) is 0 Å². The number of carbonyl (C=O) groups excluding carboxylic acids is 1. The second kappa shape index (κ2) is 8.88. The molecule has 0 spiro atoms. The topological polar surface area (TPSA) is 55.0 Å². The molecule has 1 aromatic heterocycles. The molecule has 1 aliphatic carbocycles. The SMILES string of the molecule is N#Cc1ccc(C(=O)OCC2CCC(Cn3c4ccccc4c4ccccc43)CC2)cc1. The normalized spacial score (nSPS) is 18.5. The molecule has 0 bridgehead atoms. The summed E-state index contributed by atoms with van der Waals surface area (Å²) in [6.07, 6.45) is 4.48. The number of esters is 1. The first-order chi connectivity index (χ1) is 15.7. The molecule has 0 aliphatic heterocycles. The molecule has 0 saturated heterocycles. The lowest BCUT2D eigenvalue weighted by Crippen LogP contribution is -2.23. The molecule has 3 aromatic carbocycles. The van der Waals surface area contributed by atoms with Gasteiger partial charge < -0.3 is 9.30 Å². The highest BCUT2D eigenvalue weighted by atomic mass is 16.5. The quantitative estimate of drug-likeness (QED) is 0.353. The zero-order valence-electron chi connectivity index (χ0n) is 18.0. The molecular formula is C28H26N2O2. The third-order valence-electron chi connectivity index (χ3n) is 6.79. The maximum absolute atomic E-state index is 12.3.